The van der Waals surface area contributed by atoms with Crippen molar-refractivity contribution in [1.82, 2.24) is 10.6 Å². The molecule has 2 N–H and O–H groups in total. The smallest absolute Gasteiger partial charge is 0.269 e. The summed E-state index contributed by atoms with van der Waals surface area (Å²) in [6.45, 7) is 1.87. The Morgan fingerprint density at radius 2 is 1.53 bits per heavy atom. The Kier molecular flexibility index (Phi) is 7.17. The molecule has 1 heterocycles. The van der Waals surface area contributed by atoms with Gasteiger partial charge in [0.15, 0.2) is 0 Å². The lowest BCUT2D eigenvalue weighted by molar-refractivity contribution is -0.384. The van der Waals surface area contributed by atoms with Crippen molar-refractivity contribution >= 4 is 23.2 Å². The van der Waals surface area contributed by atoms with Crippen molar-refractivity contribution in [2.24, 2.45) is 0 Å². The molecule has 3 aromatic rings. The molecule has 1 fully saturated rings. The number of amides is 2. The van der Waals surface area contributed by atoms with Gasteiger partial charge in [0.05, 0.1) is 10.5 Å². The SMILES string of the molecule is O=C(NC1CCN(c2ccccc2C(=O)NCc2ccccc2)CC1)c1ccc([N+](=O)[O-])cc1. The monoisotopic (exact) mass is 458 g/mol. The number of nitro groups is 1. The first-order chi connectivity index (χ1) is 16.5. The van der Waals surface area contributed by atoms with E-state index in [1.54, 1.807) is 0 Å². The lowest BCUT2D eigenvalue weighted by Crippen LogP contribution is -2.45. The van der Waals surface area contributed by atoms with E-state index in [1.807, 2.05) is 54.6 Å². The number of carbonyl (C=O) groups excluding carboxylic acids is 2. The van der Waals surface area contributed by atoms with Gasteiger partial charge in [-0.25, -0.2) is 0 Å². The highest BCUT2D eigenvalue weighted by Gasteiger charge is 2.24. The molecule has 0 bridgehead atoms. The number of hydrogen-bond donors (Lipinski definition) is 2. The average Bonchev–Trinajstić information content (AvgIpc) is 2.88. The minimum Gasteiger partial charge on any atom is -0.371 e. The Balaban J connectivity index is 1.33. The Morgan fingerprint density at radius 3 is 2.21 bits per heavy atom. The second-order valence-corrected chi connectivity index (χ2v) is 8.22. The molecule has 174 valence electrons. The van der Waals surface area contributed by atoms with E-state index in [0.29, 0.717) is 30.8 Å². The third kappa shape index (κ3) is 5.58. The molecule has 0 saturated carbocycles. The average molecular weight is 459 g/mol. The molecule has 34 heavy (non-hydrogen) atoms. The van der Waals surface area contributed by atoms with Gasteiger partial charge >= 0.3 is 0 Å². The Labute approximate surface area is 197 Å². The van der Waals surface area contributed by atoms with Crippen molar-refractivity contribution < 1.29 is 14.5 Å². The number of nitrogens with zero attached hydrogens (tertiary/aromatic N) is 2. The van der Waals surface area contributed by atoms with Gasteiger partial charge in [0.2, 0.25) is 0 Å². The van der Waals surface area contributed by atoms with E-state index < -0.39 is 4.92 Å². The summed E-state index contributed by atoms with van der Waals surface area (Å²) in [4.78, 5) is 37.9. The molecule has 0 aromatic heterocycles. The number of para-hydroxylation sites is 1. The molecule has 1 aliphatic rings. The van der Waals surface area contributed by atoms with E-state index in [1.165, 1.54) is 24.3 Å². The van der Waals surface area contributed by atoms with E-state index in [9.17, 15) is 19.7 Å². The number of anilines is 1. The van der Waals surface area contributed by atoms with Crippen LogP contribution < -0.4 is 15.5 Å². The van der Waals surface area contributed by atoms with Gasteiger partial charge in [-0.3, -0.25) is 19.7 Å². The van der Waals surface area contributed by atoms with Gasteiger partial charge in [-0.2, -0.15) is 0 Å². The summed E-state index contributed by atoms with van der Waals surface area (Å²) >= 11 is 0. The Bertz CT molecular complexity index is 1160. The van der Waals surface area contributed by atoms with Crippen LogP contribution in [0, 0.1) is 10.1 Å². The number of nitrogens with one attached hydrogen (secondary N) is 2. The summed E-state index contributed by atoms with van der Waals surface area (Å²) in [5.74, 6) is -0.359. The van der Waals surface area contributed by atoms with Crippen molar-refractivity contribution in [3.63, 3.8) is 0 Å². The standard InChI is InChI=1S/C26H26N4O4/c31-25(20-10-12-22(13-11-20)30(33)34)28-21-14-16-29(17-15-21)24-9-5-4-8-23(24)26(32)27-18-19-6-2-1-3-7-19/h1-13,21H,14-18H2,(H,27,32)(H,28,31). The highest BCUT2D eigenvalue weighted by molar-refractivity contribution is 5.99. The number of hydrogen-bond acceptors (Lipinski definition) is 5. The topological polar surface area (TPSA) is 105 Å². The molecule has 8 nitrogen and oxygen atoms in total. The Morgan fingerprint density at radius 1 is 0.882 bits per heavy atom. The van der Waals surface area contributed by atoms with E-state index in [0.717, 1.165) is 24.1 Å². The van der Waals surface area contributed by atoms with Crippen molar-refractivity contribution in [3.05, 3.63) is 106 Å². The van der Waals surface area contributed by atoms with Crippen LogP contribution in [0.3, 0.4) is 0 Å². The van der Waals surface area contributed by atoms with Crippen LogP contribution in [-0.2, 0) is 6.54 Å². The van der Waals surface area contributed by atoms with E-state index in [-0.39, 0.29) is 23.5 Å². The summed E-state index contributed by atoms with van der Waals surface area (Å²) in [6, 6.07) is 22.9. The van der Waals surface area contributed by atoms with Gasteiger partial charge in [0.25, 0.3) is 17.5 Å². The number of non-ortho nitro benzene ring substituents is 1. The van der Waals surface area contributed by atoms with Crippen molar-refractivity contribution in [2.45, 2.75) is 25.4 Å². The zero-order chi connectivity index (χ0) is 23.9. The van der Waals surface area contributed by atoms with Crippen molar-refractivity contribution in [3.8, 4) is 0 Å². The van der Waals surface area contributed by atoms with Crippen molar-refractivity contribution in [1.29, 1.82) is 0 Å². The van der Waals surface area contributed by atoms with Gasteiger partial charge < -0.3 is 15.5 Å². The molecule has 2 amide bonds. The second-order valence-electron chi connectivity index (χ2n) is 8.22. The van der Waals surface area contributed by atoms with Crippen LogP contribution in [0.4, 0.5) is 11.4 Å². The lowest BCUT2D eigenvalue weighted by atomic mass is 10.0. The Hall–Kier alpha value is -4.20. The minimum atomic E-state index is -0.489. The molecular formula is C26H26N4O4. The first kappa shape index (κ1) is 23.0. The number of piperidine rings is 1. The lowest BCUT2D eigenvalue weighted by Gasteiger charge is -2.35. The first-order valence-corrected chi connectivity index (χ1v) is 11.2. The molecule has 3 aromatic carbocycles. The normalized spacial score (nSPS) is 13.8. The van der Waals surface area contributed by atoms with E-state index in [2.05, 4.69) is 15.5 Å². The molecule has 0 atom stereocenters. The summed E-state index contributed by atoms with van der Waals surface area (Å²) < 4.78 is 0. The molecule has 0 radical (unpaired) electrons. The van der Waals surface area contributed by atoms with Crippen LogP contribution in [0.15, 0.2) is 78.9 Å². The fraction of sp³-hybridized carbons (Fsp3) is 0.231. The molecule has 8 heteroatoms. The van der Waals surface area contributed by atoms with Crippen LogP contribution in [0.5, 0.6) is 0 Å². The van der Waals surface area contributed by atoms with Crippen molar-refractivity contribution in [2.75, 3.05) is 18.0 Å². The molecule has 0 unspecified atom stereocenters. The van der Waals surface area contributed by atoms with Gasteiger partial charge in [0, 0.05) is 49.1 Å². The predicted molar refractivity (Wildman–Crippen MR) is 130 cm³/mol. The predicted octanol–water partition coefficient (Wildman–Crippen LogP) is 3.92. The number of carbonyl (C=O) groups is 2. The van der Waals surface area contributed by atoms with Gasteiger partial charge in [-0.05, 0) is 42.7 Å². The summed E-state index contributed by atoms with van der Waals surface area (Å²) in [5.41, 5.74) is 2.91. The maximum absolute atomic E-state index is 12.9. The minimum absolute atomic E-state index is 0.00184. The maximum Gasteiger partial charge on any atom is 0.269 e. The fourth-order valence-corrected chi connectivity index (χ4v) is 4.08. The zero-order valence-electron chi connectivity index (χ0n) is 18.6. The molecule has 0 aliphatic carbocycles. The highest BCUT2D eigenvalue weighted by Crippen LogP contribution is 2.25. The molecule has 0 spiro atoms. The maximum atomic E-state index is 12.9. The quantitative estimate of drug-likeness (QED) is 0.412. The molecule has 4 rings (SSSR count). The molecular weight excluding hydrogens is 432 g/mol. The molecule has 1 aliphatic heterocycles. The number of rotatable bonds is 7. The third-order valence-corrected chi connectivity index (χ3v) is 5.96. The largest absolute Gasteiger partial charge is 0.371 e. The zero-order valence-corrected chi connectivity index (χ0v) is 18.6. The summed E-state index contributed by atoms with van der Waals surface area (Å²) in [6.07, 6.45) is 1.47. The van der Waals surface area contributed by atoms with Gasteiger partial charge in [-0.15, -0.1) is 0 Å². The van der Waals surface area contributed by atoms with Crippen LogP contribution >= 0.6 is 0 Å². The van der Waals surface area contributed by atoms with Crippen LogP contribution in [0.1, 0.15) is 39.1 Å². The van der Waals surface area contributed by atoms with E-state index in [4.69, 9.17) is 0 Å². The van der Waals surface area contributed by atoms with E-state index >= 15 is 0 Å². The summed E-state index contributed by atoms with van der Waals surface area (Å²) in [7, 11) is 0. The van der Waals surface area contributed by atoms with Gasteiger partial charge in [0.1, 0.15) is 0 Å². The number of benzene rings is 3. The van der Waals surface area contributed by atoms with Gasteiger partial charge in [-0.1, -0.05) is 42.5 Å². The van der Waals surface area contributed by atoms with Crippen LogP contribution in [0.2, 0.25) is 0 Å². The third-order valence-electron chi connectivity index (χ3n) is 5.96. The highest BCUT2D eigenvalue weighted by atomic mass is 16.6. The number of nitro benzene ring substituents is 1. The molecule has 1 saturated heterocycles. The first-order valence-electron chi connectivity index (χ1n) is 11.2. The summed E-state index contributed by atoms with van der Waals surface area (Å²) in [5, 5.41) is 16.8. The fourth-order valence-electron chi connectivity index (χ4n) is 4.08. The van der Waals surface area contributed by atoms with Crippen LogP contribution in [0.25, 0.3) is 0 Å². The van der Waals surface area contributed by atoms with Crippen LogP contribution in [-0.4, -0.2) is 35.9 Å². The second kappa shape index (κ2) is 10.6.